The number of nitrogens with zero attached hydrogens (tertiary/aromatic N) is 1. The van der Waals surface area contributed by atoms with Crippen molar-refractivity contribution < 1.29 is 9.53 Å². The largest absolute Gasteiger partial charge is 0.403 e. The molecule has 1 aliphatic rings. The minimum Gasteiger partial charge on any atom is -0.403 e. The molecule has 0 saturated carbocycles. The Bertz CT molecular complexity index is 901. The smallest absolute Gasteiger partial charge is 0.363 e. The zero-order valence-electron chi connectivity index (χ0n) is 12.2. The fourth-order valence-electron chi connectivity index (χ4n) is 2.05. The molecule has 6 heteroatoms. The number of carbonyl (C=O) groups excluding carboxylic acids is 1. The van der Waals surface area contributed by atoms with E-state index in [2.05, 4.69) is 4.99 Å². The summed E-state index contributed by atoms with van der Waals surface area (Å²) in [5.41, 5.74) is 1.72. The molecule has 1 aliphatic heterocycles. The molecule has 3 rings (SSSR count). The van der Waals surface area contributed by atoms with Crippen LogP contribution in [-0.4, -0.2) is 11.9 Å². The second kappa shape index (κ2) is 7.22. The van der Waals surface area contributed by atoms with Crippen LogP contribution in [0.1, 0.15) is 11.1 Å². The Balaban J connectivity index is 1.82. The molecule has 120 valence electrons. The van der Waals surface area contributed by atoms with Gasteiger partial charge in [0.2, 0.25) is 5.90 Å². The Labute approximate surface area is 153 Å². The van der Waals surface area contributed by atoms with E-state index in [-0.39, 0.29) is 11.6 Å². The Kier molecular flexibility index (Phi) is 5.05. The molecular formula is C18H10Cl3NO2. The number of hydrogen-bond acceptors (Lipinski definition) is 3. The Morgan fingerprint density at radius 1 is 0.958 bits per heavy atom. The lowest BCUT2D eigenvalue weighted by molar-refractivity contribution is -0.129. The maximum absolute atomic E-state index is 11.9. The van der Waals surface area contributed by atoms with Gasteiger partial charge in [0.15, 0.2) is 5.70 Å². The monoisotopic (exact) mass is 377 g/mol. The highest BCUT2D eigenvalue weighted by atomic mass is 35.5. The van der Waals surface area contributed by atoms with Crippen LogP contribution in [0.5, 0.6) is 0 Å². The predicted molar refractivity (Wildman–Crippen MR) is 98.5 cm³/mol. The molecule has 0 spiro atoms. The van der Waals surface area contributed by atoms with Crippen LogP contribution >= 0.6 is 34.8 Å². The van der Waals surface area contributed by atoms with E-state index in [1.54, 1.807) is 54.6 Å². The first-order chi connectivity index (χ1) is 11.5. The molecule has 2 aromatic carbocycles. The molecule has 0 radical (unpaired) electrons. The van der Waals surface area contributed by atoms with Crippen LogP contribution in [0.2, 0.25) is 15.1 Å². The van der Waals surface area contributed by atoms with E-state index in [1.165, 1.54) is 0 Å². The summed E-state index contributed by atoms with van der Waals surface area (Å²) in [6.07, 6.45) is 4.89. The highest BCUT2D eigenvalue weighted by Crippen LogP contribution is 2.23. The summed E-state index contributed by atoms with van der Waals surface area (Å²) in [6, 6.07) is 12.2. The number of esters is 1. The van der Waals surface area contributed by atoms with Crippen LogP contribution in [0, 0.1) is 0 Å². The van der Waals surface area contributed by atoms with E-state index in [0.717, 1.165) is 11.1 Å². The molecule has 1 heterocycles. The highest BCUT2D eigenvalue weighted by molar-refractivity contribution is 6.35. The van der Waals surface area contributed by atoms with Crippen molar-refractivity contribution in [3.05, 3.63) is 80.4 Å². The van der Waals surface area contributed by atoms with Gasteiger partial charge in [0.05, 0.1) is 0 Å². The number of halogens is 3. The molecule has 3 nitrogen and oxygen atoms in total. The lowest BCUT2D eigenvalue weighted by Crippen LogP contribution is -2.01. The zero-order valence-corrected chi connectivity index (χ0v) is 14.4. The fraction of sp³-hybridized carbons (Fsp3) is 0. The molecule has 0 unspecified atom stereocenters. The molecule has 0 bridgehead atoms. The Morgan fingerprint density at radius 3 is 2.50 bits per heavy atom. The minimum atomic E-state index is -0.517. The number of benzene rings is 2. The van der Waals surface area contributed by atoms with Gasteiger partial charge in [-0.1, -0.05) is 53.0 Å². The third kappa shape index (κ3) is 4.06. The van der Waals surface area contributed by atoms with Crippen molar-refractivity contribution in [3.63, 3.8) is 0 Å². The minimum absolute atomic E-state index is 0.194. The molecule has 0 fully saturated rings. The molecule has 24 heavy (non-hydrogen) atoms. The van der Waals surface area contributed by atoms with Crippen molar-refractivity contribution in [2.24, 2.45) is 4.99 Å². The summed E-state index contributed by atoms with van der Waals surface area (Å²) in [6.45, 7) is 0. The van der Waals surface area contributed by atoms with Crippen LogP contribution in [0.25, 0.3) is 12.2 Å². The average molecular weight is 379 g/mol. The number of rotatable bonds is 3. The second-order valence-corrected chi connectivity index (χ2v) is 6.20. The van der Waals surface area contributed by atoms with Crippen LogP contribution in [-0.2, 0) is 9.53 Å². The maximum Gasteiger partial charge on any atom is 0.363 e. The van der Waals surface area contributed by atoms with Gasteiger partial charge in [-0.15, -0.1) is 0 Å². The van der Waals surface area contributed by atoms with Gasteiger partial charge in [0.1, 0.15) is 0 Å². The van der Waals surface area contributed by atoms with Gasteiger partial charge in [-0.05, 0) is 47.5 Å². The lowest BCUT2D eigenvalue weighted by atomic mass is 10.2. The summed E-state index contributed by atoms with van der Waals surface area (Å²) >= 11 is 17.9. The van der Waals surface area contributed by atoms with E-state index in [4.69, 9.17) is 39.5 Å². The predicted octanol–water partition coefficient (Wildman–Crippen LogP) is 5.66. The first kappa shape index (κ1) is 16.8. The molecular weight excluding hydrogens is 369 g/mol. The number of hydrogen-bond donors (Lipinski definition) is 0. The highest BCUT2D eigenvalue weighted by Gasteiger charge is 2.21. The van der Waals surface area contributed by atoms with Crippen molar-refractivity contribution in [3.8, 4) is 0 Å². The number of ether oxygens (including phenoxy) is 1. The van der Waals surface area contributed by atoms with E-state index in [0.29, 0.717) is 15.1 Å². The summed E-state index contributed by atoms with van der Waals surface area (Å²) in [5.74, 6) is -0.323. The maximum atomic E-state index is 11.9. The van der Waals surface area contributed by atoms with E-state index < -0.39 is 5.97 Å². The van der Waals surface area contributed by atoms with Crippen molar-refractivity contribution in [1.82, 2.24) is 0 Å². The Morgan fingerprint density at radius 2 is 1.75 bits per heavy atom. The number of cyclic esters (lactones) is 1. The Hall–Kier alpha value is -2.07. The summed E-state index contributed by atoms with van der Waals surface area (Å²) < 4.78 is 5.12. The summed E-state index contributed by atoms with van der Waals surface area (Å²) in [5, 5.41) is 1.63. The molecule has 0 N–H and O–H groups in total. The van der Waals surface area contributed by atoms with Gasteiger partial charge < -0.3 is 4.74 Å². The third-order valence-corrected chi connectivity index (χ3v) is 3.95. The van der Waals surface area contributed by atoms with Gasteiger partial charge in [0.25, 0.3) is 0 Å². The number of carbonyl (C=O) groups is 1. The lowest BCUT2D eigenvalue weighted by Gasteiger charge is -1.98. The topological polar surface area (TPSA) is 38.7 Å². The molecule has 0 amide bonds. The number of aliphatic imine (C=N–C) groups is 1. The second-order valence-electron chi connectivity index (χ2n) is 4.92. The third-order valence-electron chi connectivity index (χ3n) is 3.16. The average Bonchev–Trinajstić information content (AvgIpc) is 2.86. The van der Waals surface area contributed by atoms with E-state index >= 15 is 0 Å². The normalized spacial score (nSPS) is 15.9. The standard InChI is InChI=1S/C18H10Cl3NO2/c19-13-3-1-2-11(8-13)9-16-18(23)24-17(22-16)7-5-12-4-6-14(20)10-15(12)21/h1-10H/b7-5+,16-9-. The van der Waals surface area contributed by atoms with Crippen molar-refractivity contribution in [2.45, 2.75) is 0 Å². The van der Waals surface area contributed by atoms with Gasteiger partial charge in [-0.2, -0.15) is 0 Å². The van der Waals surface area contributed by atoms with Crippen molar-refractivity contribution >= 4 is 58.8 Å². The molecule has 0 aliphatic carbocycles. The first-order valence-corrected chi connectivity index (χ1v) is 8.06. The van der Waals surface area contributed by atoms with Crippen LogP contribution < -0.4 is 0 Å². The quantitative estimate of drug-likeness (QED) is 0.511. The van der Waals surface area contributed by atoms with Crippen molar-refractivity contribution in [1.29, 1.82) is 0 Å². The van der Waals surface area contributed by atoms with Crippen LogP contribution in [0.3, 0.4) is 0 Å². The first-order valence-electron chi connectivity index (χ1n) is 6.92. The summed E-state index contributed by atoms with van der Waals surface area (Å²) in [4.78, 5) is 16.0. The molecule has 0 saturated heterocycles. The van der Waals surface area contributed by atoms with E-state index in [1.807, 2.05) is 6.07 Å². The fourth-order valence-corrected chi connectivity index (χ4v) is 2.72. The van der Waals surface area contributed by atoms with Crippen LogP contribution in [0.15, 0.2) is 59.2 Å². The van der Waals surface area contributed by atoms with Gasteiger partial charge in [0, 0.05) is 21.1 Å². The van der Waals surface area contributed by atoms with E-state index in [9.17, 15) is 4.79 Å². The van der Waals surface area contributed by atoms with Gasteiger partial charge >= 0.3 is 5.97 Å². The van der Waals surface area contributed by atoms with Crippen molar-refractivity contribution in [2.75, 3.05) is 0 Å². The zero-order chi connectivity index (χ0) is 17.1. The SMILES string of the molecule is O=C1OC(/C=C/c2ccc(Cl)cc2Cl)=NC/1=C\c1cccc(Cl)c1. The van der Waals surface area contributed by atoms with Gasteiger partial charge in [-0.3, -0.25) is 0 Å². The molecule has 0 aromatic heterocycles. The summed E-state index contributed by atoms with van der Waals surface area (Å²) in [7, 11) is 0. The molecule has 2 aromatic rings. The van der Waals surface area contributed by atoms with Crippen LogP contribution in [0.4, 0.5) is 0 Å². The molecule has 0 atom stereocenters. The van der Waals surface area contributed by atoms with Gasteiger partial charge in [-0.25, -0.2) is 9.79 Å².